The number of benzene rings is 1. The molecule has 0 aromatic heterocycles. The Labute approximate surface area is 123 Å². The minimum absolute atomic E-state index is 0.707. The van der Waals surface area contributed by atoms with E-state index in [9.17, 15) is 0 Å². The van der Waals surface area contributed by atoms with Crippen LogP contribution in [0.5, 0.6) is 0 Å². The van der Waals surface area contributed by atoms with E-state index in [-0.39, 0.29) is 0 Å². The lowest BCUT2D eigenvalue weighted by Crippen LogP contribution is -2.38. The summed E-state index contributed by atoms with van der Waals surface area (Å²) in [6.07, 6.45) is 2.56. The van der Waals surface area contributed by atoms with Gasteiger partial charge in [0.05, 0.1) is 11.6 Å². The minimum atomic E-state index is 0.707. The summed E-state index contributed by atoms with van der Waals surface area (Å²) in [4.78, 5) is 2.36. The summed E-state index contributed by atoms with van der Waals surface area (Å²) in [6.45, 7) is 6.46. The van der Waals surface area contributed by atoms with Crippen LogP contribution in [-0.2, 0) is 0 Å². The minimum Gasteiger partial charge on any atom is -0.371 e. The van der Waals surface area contributed by atoms with Crippen molar-refractivity contribution < 1.29 is 0 Å². The van der Waals surface area contributed by atoms with E-state index in [4.69, 9.17) is 5.26 Å². The Kier molecular flexibility index (Phi) is 5.24. The Bertz CT molecular complexity index is 461. The maximum absolute atomic E-state index is 9.06. The van der Waals surface area contributed by atoms with Crippen LogP contribution in [0.2, 0.25) is 0 Å². The first-order chi connectivity index (χ1) is 9.22. The van der Waals surface area contributed by atoms with Crippen molar-refractivity contribution in [3.8, 4) is 6.07 Å². The van der Waals surface area contributed by atoms with Gasteiger partial charge in [-0.25, -0.2) is 0 Å². The summed E-state index contributed by atoms with van der Waals surface area (Å²) in [7, 11) is 0. The second-order valence-electron chi connectivity index (χ2n) is 5.06. The number of piperidine rings is 1. The Balaban J connectivity index is 2.12. The van der Waals surface area contributed by atoms with Gasteiger partial charge in [0.1, 0.15) is 0 Å². The second-order valence-corrected chi connectivity index (χ2v) is 5.98. The third-order valence-corrected chi connectivity index (χ3v) is 4.09. The number of halogens is 1. The van der Waals surface area contributed by atoms with Crippen molar-refractivity contribution in [1.82, 2.24) is 5.32 Å². The number of nitriles is 1. The zero-order valence-electron chi connectivity index (χ0n) is 11.3. The fraction of sp³-hybridized carbons (Fsp3) is 0.533. The van der Waals surface area contributed by atoms with Crippen LogP contribution in [0.25, 0.3) is 0 Å². The van der Waals surface area contributed by atoms with E-state index in [1.54, 1.807) is 0 Å². The highest BCUT2D eigenvalue weighted by Gasteiger charge is 2.17. The van der Waals surface area contributed by atoms with Crippen LogP contribution in [-0.4, -0.2) is 26.2 Å². The molecule has 1 heterocycles. The molecule has 1 unspecified atom stereocenters. The molecular weight excluding hydrogens is 302 g/mol. The lowest BCUT2D eigenvalue weighted by Gasteiger charge is -2.31. The fourth-order valence-electron chi connectivity index (χ4n) is 2.63. The van der Waals surface area contributed by atoms with E-state index in [1.165, 1.54) is 12.8 Å². The Morgan fingerprint density at radius 1 is 1.47 bits per heavy atom. The molecule has 2 rings (SSSR count). The van der Waals surface area contributed by atoms with Gasteiger partial charge in [0.2, 0.25) is 0 Å². The Hall–Kier alpha value is -1.05. The summed E-state index contributed by atoms with van der Waals surface area (Å²) >= 11 is 3.49. The molecule has 1 aromatic carbocycles. The van der Waals surface area contributed by atoms with Crippen molar-refractivity contribution in [1.29, 1.82) is 5.26 Å². The molecular formula is C15H20BrN3. The average molecular weight is 322 g/mol. The molecule has 0 aliphatic carbocycles. The van der Waals surface area contributed by atoms with Gasteiger partial charge in [-0.05, 0) is 57.0 Å². The van der Waals surface area contributed by atoms with Crippen molar-refractivity contribution in [2.45, 2.75) is 19.8 Å². The Morgan fingerprint density at radius 3 is 2.95 bits per heavy atom. The number of hydrogen-bond acceptors (Lipinski definition) is 3. The van der Waals surface area contributed by atoms with E-state index in [0.717, 1.165) is 36.3 Å². The van der Waals surface area contributed by atoms with Gasteiger partial charge in [-0.3, -0.25) is 0 Å². The van der Waals surface area contributed by atoms with Gasteiger partial charge in [0.25, 0.3) is 0 Å². The summed E-state index contributed by atoms with van der Waals surface area (Å²) in [6, 6.07) is 8.16. The van der Waals surface area contributed by atoms with E-state index in [0.29, 0.717) is 11.5 Å². The summed E-state index contributed by atoms with van der Waals surface area (Å²) in [5, 5.41) is 12.5. The highest BCUT2D eigenvalue weighted by molar-refractivity contribution is 9.10. The predicted octanol–water partition coefficient (Wildman–Crippen LogP) is 3.15. The first-order valence-electron chi connectivity index (χ1n) is 6.89. The Morgan fingerprint density at radius 2 is 2.32 bits per heavy atom. The number of hydrogen-bond donors (Lipinski definition) is 1. The van der Waals surface area contributed by atoms with Crippen molar-refractivity contribution in [2.24, 2.45) is 5.92 Å². The first kappa shape index (κ1) is 14.4. The van der Waals surface area contributed by atoms with Crippen LogP contribution in [0.15, 0.2) is 22.7 Å². The molecule has 0 amide bonds. The maximum Gasteiger partial charge on any atom is 0.0992 e. The van der Waals surface area contributed by atoms with Gasteiger partial charge in [-0.1, -0.05) is 15.9 Å². The number of anilines is 1. The monoisotopic (exact) mass is 321 g/mol. The third kappa shape index (κ3) is 3.95. The quantitative estimate of drug-likeness (QED) is 0.925. The van der Waals surface area contributed by atoms with E-state index >= 15 is 0 Å². The molecule has 0 spiro atoms. The molecule has 4 heteroatoms. The van der Waals surface area contributed by atoms with Crippen molar-refractivity contribution >= 4 is 21.6 Å². The van der Waals surface area contributed by atoms with Gasteiger partial charge in [0, 0.05) is 23.2 Å². The van der Waals surface area contributed by atoms with Crippen molar-refractivity contribution in [3.63, 3.8) is 0 Å². The van der Waals surface area contributed by atoms with Crippen LogP contribution in [0.1, 0.15) is 25.3 Å². The van der Waals surface area contributed by atoms with E-state index < -0.39 is 0 Å². The predicted molar refractivity (Wildman–Crippen MR) is 82.3 cm³/mol. The molecule has 0 bridgehead atoms. The highest BCUT2D eigenvalue weighted by Crippen LogP contribution is 2.24. The van der Waals surface area contributed by atoms with Gasteiger partial charge < -0.3 is 10.2 Å². The summed E-state index contributed by atoms with van der Waals surface area (Å²) < 4.78 is 0.974. The van der Waals surface area contributed by atoms with Crippen molar-refractivity contribution in [3.05, 3.63) is 28.2 Å². The SMILES string of the molecule is CCN(CC1CCCNC1)c1cc(Br)cc(C#N)c1. The number of nitrogens with zero attached hydrogens (tertiary/aromatic N) is 2. The molecule has 1 aliphatic heterocycles. The molecule has 1 saturated heterocycles. The van der Waals surface area contributed by atoms with Gasteiger partial charge in [-0.15, -0.1) is 0 Å². The number of rotatable bonds is 4. The molecule has 19 heavy (non-hydrogen) atoms. The average Bonchev–Trinajstić information content (AvgIpc) is 2.45. The molecule has 102 valence electrons. The molecule has 1 N–H and O–H groups in total. The summed E-state index contributed by atoms with van der Waals surface area (Å²) in [5.41, 5.74) is 1.85. The van der Waals surface area contributed by atoms with Crippen LogP contribution >= 0.6 is 15.9 Å². The molecule has 1 aromatic rings. The largest absolute Gasteiger partial charge is 0.371 e. The lowest BCUT2D eigenvalue weighted by molar-refractivity contribution is 0.378. The van der Waals surface area contributed by atoms with Crippen LogP contribution in [0, 0.1) is 17.2 Å². The zero-order valence-corrected chi connectivity index (χ0v) is 12.9. The maximum atomic E-state index is 9.06. The lowest BCUT2D eigenvalue weighted by atomic mass is 9.98. The van der Waals surface area contributed by atoms with E-state index in [2.05, 4.69) is 45.2 Å². The smallest absolute Gasteiger partial charge is 0.0992 e. The van der Waals surface area contributed by atoms with Gasteiger partial charge in [0.15, 0.2) is 0 Å². The summed E-state index contributed by atoms with van der Waals surface area (Å²) in [5.74, 6) is 0.707. The van der Waals surface area contributed by atoms with Crippen LogP contribution < -0.4 is 10.2 Å². The van der Waals surface area contributed by atoms with Gasteiger partial charge in [-0.2, -0.15) is 5.26 Å². The van der Waals surface area contributed by atoms with Crippen molar-refractivity contribution in [2.75, 3.05) is 31.1 Å². The first-order valence-corrected chi connectivity index (χ1v) is 7.68. The third-order valence-electron chi connectivity index (χ3n) is 3.64. The molecule has 3 nitrogen and oxygen atoms in total. The molecule has 1 aliphatic rings. The fourth-order valence-corrected chi connectivity index (χ4v) is 3.11. The van der Waals surface area contributed by atoms with Gasteiger partial charge >= 0.3 is 0 Å². The molecule has 0 radical (unpaired) electrons. The zero-order chi connectivity index (χ0) is 13.7. The topological polar surface area (TPSA) is 39.1 Å². The number of nitrogens with one attached hydrogen (secondary N) is 1. The second kappa shape index (κ2) is 6.93. The highest BCUT2D eigenvalue weighted by atomic mass is 79.9. The van der Waals surface area contributed by atoms with E-state index in [1.807, 2.05) is 12.1 Å². The standard InChI is InChI=1S/C15H20BrN3/c1-2-19(11-12-4-3-5-18-10-12)15-7-13(9-17)6-14(16)8-15/h6-8,12,18H,2-5,10-11H2,1H3. The van der Waals surface area contributed by atoms with Crippen LogP contribution in [0.4, 0.5) is 5.69 Å². The molecule has 1 fully saturated rings. The molecule has 1 atom stereocenters. The molecule has 0 saturated carbocycles. The van der Waals surface area contributed by atoms with Crippen LogP contribution in [0.3, 0.4) is 0 Å². The normalized spacial score (nSPS) is 18.9.